The largest absolute Gasteiger partial charge is 0.573 e. The number of aryl methyl sites for hydroxylation is 2. The summed E-state index contributed by atoms with van der Waals surface area (Å²) in [4.78, 5) is 0. The number of fused-ring (bicyclic) bond motifs is 3. The molecule has 10 heteroatoms. The maximum atomic E-state index is 13.9. The van der Waals surface area contributed by atoms with Crippen LogP contribution in [0, 0.1) is 22.7 Å². The number of halogens is 6. The first-order valence-corrected chi connectivity index (χ1v) is 19.5. The van der Waals surface area contributed by atoms with Crippen LogP contribution in [0.4, 0.5) is 26.3 Å². The first-order chi connectivity index (χ1) is 26.9. The Hall–Kier alpha value is -5.22. The van der Waals surface area contributed by atoms with E-state index in [0.29, 0.717) is 22.3 Å². The van der Waals surface area contributed by atoms with Crippen molar-refractivity contribution in [2.24, 2.45) is 0 Å². The second-order valence-corrected chi connectivity index (χ2v) is 14.3. The average Bonchev–Trinajstić information content (AvgIpc) is 3.45. The topological polar surface area (TPSA) is 66.0 Å². The second kappa shape index (κ2) is 19.1. The van der Waals surface area contributed by atoms with Gasteiger partial charge in [-0.3, -0.25) is 0 Å². The summed E-state index contributed by atoms with van der Waals surface area (Å²) in [5.74, 6) is -1.15. The van der Waals surface area contributed by atoms with Crippen LogP contribution in [0.5, 0.6) is 11.5 Å². The Balaban J connectivity index is 1.59. The molecule has 0 fully saturated rings. The van der Waals surface area contributed by atoms with Crippen molar-refractivity contribution in [1.82, 2.24) is 0 Å². The summed E-state index contributed by atoms with van der Waals surface area (Å²) in [6.45, 7) is 4.32. The third kappa shape index (κ3) is 11.0. The molecule has 56 heavy (non-hydrogen) atoms. The standard InChI is InChI=1S/C46H46F6N2O2/c1-3-5-7-9-11-13-15-31-17-21-33(22-18-31)36-25-38-39-26-37(34-23-19-32(20-24-34)16-14-12-10-8-6-4-2)43(56-46(50,51)52)28-41(39)44(35(29-53)30-54)40(38)27-42(36)55-45(47,48)49/h17-28H,3-16H2,1-2H3. The zero-order valence-electron chi connectivity index (χ0n) is 31.8. The van der Waals surface area contributed by atoms with Crippen LogP contribution in [0.25, 0.3) is 39.0 Å². The van der Waals surface area contributed by atoms with Crippen LogP contribution in [0.15, 0.2) is 78.4 Å². The van der Waals surface area contributed by atoms with Crippen LogP contribution < -0.4 is 9.47 Å². The lowest BCUT2D eigenvalue weighted by Crippen LogP contribution is -2.17. The monoisotopic (exact) mass is 772 g/mol. The number of hydrogen-bond acceptors (Lipinski definition) is 4. The van der Waals surface area contributed by atoms with Gasteiger partial charge in [-0.05, 0) is 94.5 Å². The Morgan fingerprint density at radius 1 is 0.482 bits per heavy atom. The van der Waals surface area contributed by atoms with Crippen LogP contribution in [0.3, 0.4) is 0 Å². The van der Waals surface area contributed by atoms with Crippen molar-refractivity contribution in [3.8, 4) is 57.0 Å². The first-order valence-electron chi connectivity index (χ1n) is 19.5. The van der Waals surface area contributed by atoms with E-state index in [1.807, 2.05) is 24.3 Å². The van der Waals surface area contributed by atoms with E-state index >= 15 is 0 Å². The molecule has 0 bridgehead atoms. The summed E-state index contributed by atoms with van der Waals surface area (Å²) < 4.78 is 92.5. The zero-order chi connectivity index (χ0) is 40.3. The lowest BCUT2D eigenvalue weighted by molar-refractivity contribution is -0.275. The van der Waals surface area contributed by atoms with Crippen molar-refractivity contribution in [2.75, 3.05) is 0 Å². The van der Waals surface area contributed by atoms with Crippen molar-refractivity contribution >= 4 is 5.57 Å². The fraction of sp³-hybridized carbons (Fsp3) is 0.391. The van der Waals surface area contributed by atoms with Gasteiger partial charge in [0.25, 0.3) is 0 Å². The molecule has 5 rings (SSSR count). The minimum atomic E-state index is -5.09. The van der Waals surface area contributed by atoms with Crippen molar-refractivity contribution in [2.45, 2.75) is 116 Å². The van der Waals surface area contributed by atoms with Crippen LogP contribution in [0.1, 0.15) is 113 Å². The summed E-state index contributed by atoms with van der Waals surface area (Å²) >= 11 is 0. The molecule has 4 aromatic carbocycles. The minimum Gasteiger partial charge on any atom is -0.405 e. The van der Waals surface area contributed by atoms with Gasteiger partial charge in [-0.25, -0.2) is 0 Å². The number of nitriles is 2. The van der Waals surface area contributed by atoms with Gasteiger partial charge >= 0.3 is 12.7 Å². The van der Waals surface area contributed by atoms with Gasteiger partial charge in [0.2, 0.25) is 0 Å². The van der Waals surface area contributed by atoms with E-state index in [2.05, 4.69) is 23.3 Å². The summed E-state index contributed by atoms with van der Waals surface area (Å²) in [6.07, 6.45) is 4.97. The Kier molecular flexibility index (Phi) is 14.3. The van der Waals surface area contributed by atoms with E-state index < -0.39 is 29.8 Å². The van der Waals surface area contributed by atoms with Crippen LogP contribution >= 0.6 is 0 Å². The van der Waals surface area contributed by atoms with Gasteiger partial charge in [0, 0.05) is 16.7 Å². The molecule has 1 aliphatic rings. The Labute approximate surface area is 325 Å². The summed E-state index contributed by atoms with van der Waals surface area (Å²) in [6, 6.07) is 23.1. The normalized spacial score (nSPS) is 12.1. The first kappa shape index (κ1) is 41.9. The molecule has 0 amide bonds. The van der Waals surface area contributed by atoms with Gasteiger partial charge in [-0.2, -0.15) is 10.5 Å². The third-order valence-electron chi connectivity index (χ3n) is 10.2. The smallest absolute Gasteiger partial charge is 0.405 e. The Morgan fingerprint density at radius 2 is 0.839 bits per heavy atom. The number of benzene rings is 4. The van der Waals surface area contributed by atoms with E-state index in [0.717, 1.165) is 87.5 Å². The molecule has 0 aromatic heterocycles. The molecular weight excluding hydrogens is 727 g/mol. The number of allylic oxidation sites excluding steroid dienone is 1. The Bertz CT molecular complexity index is 1920. The molecule has 0 radical (unpaired) electrons. The molecule has 0 heterocycles. The van der Waals surface area contributed by atoms with Gasteiger partial charge in [0.1, 0.15) is 29.2 Å². The third-order valence-corrected chi connectivity index (χ3v) is 10.2. The van der Waals surface area contributed by atoms with Gasteiger partial charge in [-0.1, -0.05) is 127 Å². The minimum absolute atomic E-state index is 0.0465. The highest BCUT2D eigenvalue weighted by Gasteiger charge is 2.37. The highest BCUT2D eigenvalue weighted by molar-refractivity contribution is 6.07. The summed E-state index contributed by atoms with van der Waals surface area (Å²) in [7, 11) is 0. The van der Waals surface area contributed by atoms with Gasteiger partial charge in [-0.15, -0.1) is 26.3 Å². The maximum Gasteiger partial charge on any atom is 0.573 e. The van der Waals surface area contributed by atoms with Gasteiger partial charge in [0.05, 0.1) is 0 Å². The van der Waals surface area contributed by atoms with Crippen molar-refractivity contribution in [3.63, 3.8) is 0 Å². The maximum absolute atomic E-state index is 13.9. The average molecular weight is 773 g/mol. The molecule has 0 unspecified atom stereocenters. The van der Waals surface area contributed by atoms with E-state index in [4.69, 9.17) is 0 Å². The summed E-state index contributed by atoms with van der Waals surface area (Å²) in [5, 5.41) is 19.9. The Morgan fingerprint density at radius 3 is 1.18 bits per heavy atom. The number of rotatable bonds is 18. The van der Waals surface area contributed by atoms with Crippen molar-refractivity contribution in [3.05, 3.63) is 101 Å². The SMILES string of the molecule is CCCCCCCCc1ccc(-c2cc3c(cc2OC(F)(F)F)C(=C(C#N)C#N)c2cc(OC(F)(F)F)c(-c4ccc(CCCCCCCC)cc4)cc2-3)cc1. The van der Waals surface area contributed by atoms with Crippen LogP contribution in [0.2, 0.25) is 0 Å². The van der Waals surface area contributed by atoms with E-state index in [1.54, 1.807) is 36.4 Å². The molecule has 0 atom stereocenters. The zero-order valence-corrected chi connectivity index (χ0v) is 31.8. The molecule has 0 saturated carbocycles. The van der Waals surface area contributed by atoms with Crippen molar-refractivity contribution < 1.29 is 35.8 Å². The molecule has 4 aromatic rings. The molecule has 1 aliphatic carbocycles. The quantitative estimate of drug-likeness (QED) is 0.0505. The van der Waals surface area contributed by atoms with Crippen LogP contribution in [-0.4, -0.2) is 12.7 Å². The van der Waals surface area contributed by atoms with E-state index in [9.17, 15) is 36.9 Å². The number of alkyl halides is 6. The molecular formula is C46H46F6N2O2. The summed E-state index contributed by atoms with van der Waals surface area (Å²) in [5.41, 5.74) is 3.26. The predicted octanol–water partition coefficient (Wildman–Crippen LogP) is 14.5. The van der Waals surface area contributed by atoms with E-state index in [-0.39, 0.29) is 27.8 Å². The van der Waals surface area contributed by atoms with Gasteiger partial charge < -0.3 is 9.47 Å². The van der Waals surface area contributed by atoms with E-state index in [1.165, 1.54) is 37.8 Å². The fourth-order valence-corrected chi connectivity index (χ4v) is 7.36. The predicted molar refractivity (Wildman–Crippen MR) is 208 cm³/mol. The number of nitrogens with zero attached hydrogens (tertiary/aromatic N) is 2. The van der Waals surface area contributed by atoms with Gasteiger partial charge in [0.15, 0.2) is 0 Å². The lowest BCUT2D eigenvalue weighted by Gasteiger charge is -2.17. The molecule has 0 spiro atoms. The number of ether oxygens (including phenoxy) is 2. The highest BCUT2D eigenvalue weighted by atomic mass is 19.4. The molecule has 0 N–H and O–H groups in total. The van der Waals surface area contributed by atoms with Crippen molar-refractivity contribution in [1.29, 1.82) is 10.5 Å². The number of hydrogen-bond donors (Lipinski definition) is 0. The molecule has 0 aliphatic heterocycles. The molecule has 4 nitrogen and oxygen atoms in total. The van der Waals surface area contributed by atoms with Crippen LogP contribution in [-0.2, 0) is 12.8 Å². The molecule has 0 saturated heterocycles. The second-order valence-electron chi connectivity index (χ2n) is 14.3. The number of unbranched alkanes of at least 4 members (excludes halogenated alkanes) is 10. The fourth-order valence-electron chi connectivity index (χ4n) is 7.36. The molecule has 294 valence electrons. The highest BCUT2D eigenvalue weighted by Crippen LogP contribution is 2.53. The lowest BCUT2D eigenvalue weighted by atomic mass is 9.94.